The van der Waals surface area contributed by atoms with E-state index in [2.05, 4.69) is 42.2 Å². The largest absolute Gasteiger partial charge is 0.342 e. The van der Waals surface area contributed by atoms with Crippen LogP contribution >= 0.6 is 0 Å². The van der Waals surface area contributed by atoms with Crippen molar-refractivity contribution in [2.75, 3.05) is 13.1 Å². The van der Waals surface area contributed by atoms with Gasteiger partial charge in [-0.2, -0.15) is 4.98 Å². The number of likely N-dealkylation sites (N-methyl/N-ethyl adjacent to an activating group) is 1. The molecule has 1 amide bonds. The van der Waals surface area contributed by atoms with Crippen molar-refractivity contribution in [1.82, 2.24) is 15.0 Å². The van der Waals surface area contributed by atoms with Crippen LogP contribution in [-0.2, 0) is 11.2 Å². The minimum atomic E-state index is 0.0345. The van der Waals surface area contributed by atoms with E-state index in [-0.39, 0.29) is 11.8 Å². The summed E-state index contributed by atoms with van der Waals surface area (Å²) in [5.41, 5.74) is 3.67. The van der Waals surface area contributed by atoms with Crippen LogP contribution in [0, 0.1) is 13.8 Å². The first-order valence-electron chi connectivity index (χ1n) is 7.73. The molecular formula is C17H21N3O2. The molecule has 5 heteroatoms. The van der Waals surface area contributed by atoms with Gasteiger partial charge in [-0.25, -0.2) is 0 Å². The van der Waals surface area contributed by atoms with Crippen LogP contribution in [0.25, 0.3) is 0 Å². The summed E-state index contributed by atoms with van der Waals surface area (Å²) in [6.45, 7) is 7.57. The molecule has 1 aromatic heterocycles. The van der Waals surface area contributed by atoms with Gasteiger partial charge in [-0.1, -0.05) is 28.9 Å². The van der Waals surface area contributed by atoms with Crippen molar-refractivity contribution in [1.29, 1.82) is 0 Å². The van der Waals surface area contributed by atoms with E-state index in [0.717, 1.165) is 6.54 Å². The predicted molar refractivity (Wildman–Crippen MR) is 82.6 cm³/mol. The minimum Gasteiger partial charge on any atom is -0.342 e. The van der Waals surface area contributed by atoms with Crippen molar-refractivity contribution >= 4 is 5.91 Å². The summed E-state index contributed by atoms with van der Waals surface area (Å²) in [6.07, 6.45) is 1.13. The number of hydrogen-bond acceptors (Lipinski definition) is 4. The van der Waals surface area contributed by atoms with Gasteiger partial charge in [-0.15, -0.1) is 0 Å². The molecule has 116 valence electrons. The number of aromatic nitrogens is 2. The fourth-order valence-electron chi connectivity index (χ4n) is 2.91. The van der Waals surface area contributed by atoms with E-state index in [4.69, 9.17) is 4.52 Å². The molecule has 0 N–H and O–H groups in total. The van der Waals surface area contributed by atoms with Crippen LogP contribution in [0.2, 0.25) is 0 Å². The van der Waals surface area contributed by atoms with E-state index in [0.29, 0.717) is 31.1 Å². The number of likely N-dealkylation sites (tertiary alicyclic amines) is 1. The Hall–Kier alpha value is -2.17. The Balaban J connectivity index is 1.74. The Labute approximate surface area is 130 Å². The molecule has 3 rings (SSSR count). The zero-order valence-corrected chi connectivity index (χ0v) is 13.3. The first-order chi connectivity index (χ1) is 10.6. The van der Waals surface area contributed by atoms with Crippen molar-refractivity contribution in [3.05, 3.63) is 46.6 Å². The number of carbonyl (C=O) groups excluding carboxylic acids is 1. The number of carbonyl (C=O) groups is 1. The molecule has 1 fully saturated rings. The maximum Gasteiger partial charge on any atom is 0.232 e. The fourth-order valence-corrected chi connectivity index (χ4v) is 2.91. The molecule has 1 aromatic carbocycles. The summed E-state index contributed by atoms with van der Waals surface area (Å²) >= 11 is 0. The van der Waals surface area contributed by atoms with Crippen LogP contribution in [0.4, 0.5) is 0 Å². The Morgan fingerprint density at radius 2 is 2.18 bits per heavy atom. The lowest BCUT2D eigenvalue weighted by molar-refractivity contribution is -0.127. The second kappa shape index (κ2) is 5.91. The summed E-state index contributed by atoms with van der Waals surface area (Å²) in [7, 11) is 0. The molecule has 1 saturated heterocycles. The fraction of sp³-hybridized carbons (Fsp3) is 0.471. The highest BCUT2D eigenvalue weighted by atomic mass is 16.5. The quantitative estimate of drug-likeness (QED) is 0.870. The van der Waals surface area contributed by atoms with Crippen molar-refractivity contribution in [2.45, 2.75) is 39.5 Å². The standard InChI is InChI=1S/C17H21N3O2/c1-4-20-10-14(9-16(20)21)17-18-15(19-22-17)8-13-7-11(2)5-6-12(13)3/h5-7,14H,4,8-10H2,1-3H3. The molecule has 22 heavy (non-hydrogen) atoms. The van der Waals surface area contributed by atoms with E-state index < -0.39 is 0 Å². The van der Waals surface area contributed by atoms with Gasteiger partial charge in [0.15, 0.2) is 5.82 Å². The highest BCUT2D eigenvalue weighted by molar-refractivity contribution is 5.79. The number of hydrogen-bond donors (Lipinski definition) is 0. The zero-order valence-electron chi connectivity index (χ0n) is 13.3. The van der Waals surface area contributed by atoms with Gasteiger partial charge in [0.05, 0.1) is 5.92 Å². The van der Waals surface area contributed by atoms with Gasteiger partial charge in [-0.3, -0.25) is 4.79 Å². The molecule has 1 aliphatic rings. The first-order valence-corrected chi connectivity index (χ1v) is 7.73. The molecule has 0 saturated carbocycles. The van der Waals surface area contributed by atoms with E-state index in [9.17, 15) is 4.79 Å². The van der Waals surface area contributed by atoms with E-state index in [1.165, 1.54) is 16.7 Å². The lowest BCUT2D eigenvalue weighted by Crippen LogP contribution is -2.24. The summed E-state index contributed by atoms with van der Waals surface area (Å²) in [5.74, 6) is 1.48. The van der Waals surface area contributed by atoms with E-state index in [1.807, 2.05) is 11.8 Å². The third-order valence-electron chi connectivity index (χ3n) is 4.28. The van der Waals surface area contributed by atoms with Gasteiger partial charge >= 0.3 is 0 Å². The summed E-state index contributed by atoms with van der Waals surface area (Å²) in [5, 5.41) is 4.09. The molecule has 0 bridgehead atoms. The summed E-state index contributed by atoms with van der Waals surface area (Å²) in [6, 6.07) is 6.37. The van der Waals surface area contributed by atoms with Crippen molar-refractivity contribution in [3.63, 3.8) is 0 Å². The second-order valence-electron chi connectivity index (χ2n) is 5.99. The number of aryl methyl sites for hydroxylation is 2. The normalized spacial score (nSPS) is 18.2. The van der Waals surface area contributed by atoms with Crippen LogP contribution in [-0.4, -0.2) is 34.0 Å². The molecule has 1 aliphatic heterocycles. The Kier molecular flexibility index (Phi) is 3.96. The van der Waals surface area contributed by atoms with Crippen LogP contribution in [0.1, 0.15) is 47.7 Å². The highest BCUT2D eigenvalue weighted by Crippen LogP contribution is 2.27. The van der Waals surface area contributed by atoms with Gasteiger partial charge < -0.3 is 9.42 Å². The molecule has 2 heterocycles. The van der Waals surface area contributed by atoms with Crippen LogP contribution in [0.15, 0.2) is 22.7 Å². The molecule has 2 aromatic rings. The monoisotopic (exact) mass is 299 g/mol. The number of rotatable bonds is 4. The minimum absolute atomic E-state index is 0.0345. The second-order valence-corrected chi connectivity index (χ2v) is 5.99. The number of nitrogens with zero attached hydrogens (tertiary/aromatic N) is 3. The molecule has 1 atom stereocenters. The Morgan fingerprint density at radius 3 is 2.91 bits per heavy atom. The average Bonchev–Trinajstić information content (AvgIpc) is 3.09. The third kappa shape index (κ3) is 2.89. The highest BCUT2D eigenvalue weighted by Gasteiger charge is 2.33. The van der Waals surface area contributed by atoms with Crippen LogP contribution in [0.3, 0.4) is 0 Å². The summed E-state index contributed by atoms with van der Waals surface area (Å²) < 4.78 is 5.39. The number of benzene rings is 1. The van der Waals surface area contributed by atoms with Gasteiger partial charge in [0.1, 0.15) is 0 Å². The summed E-state index contributed by atoms with van der Waals surface area (Å²) in [4.78, 5) is 18.1. The molecule has 0 aliphatic carbocycles. The lowest BCUT2D eigenvalue weighted by Gasteiger charge is -2.11. The maximum atomic E-state index is 11.8. The van der Waals surface area contributed by atoms with Crippen molar-refractivity contribution in [2.24, 2.45) is 0 Å². The van der Waals surface area contributed by atoms with Gasteiger partial charge in [0.2, 0.25) is 11.8 Å². The molecular weight excluding hydrogens is 278 g/mol. The Bertz CT molecular complexity index is 693. The van der Waals surface area contributed by atoms with Gasteiger partial charge in [0.25, 0.3) is 0 Å². The maximum absolute atomic E-state index is 11.8. The van der Waals surface area contributed by atoms with Gasteiger partial charge in [-0.05, 0) is 31.9 Å². The van der Waals surface area contributed by atoms with Crippen LogP contribution in [0.5, 0.6) is 0 Å². The van der Waals surface area contributed by atoms with Gasteiger partial charge in [0, 0.05) is 25.9 Å². The molecule has 1 unspecified atom stereocenters. The lowest BCUT2D eigenvalue weighted by atomic mass is 10.0. The number of amides is 1. The average molecular weight is 299 g/mol. The molecule has 0 radical (unpaired) electrons. The first kappa shape index (κ1) is 14.8. The molecule has 0 spiro atoms. The Morgan fingerprint density at radius 1 is 1.36 bits per heavy atom. The third-order valence-corrected chi connectivity index (χ3v) is 4.28. The predicted octanol–water partition coefficient (Wildman–Crippen LogP) is 2.61. The van der Waals surface area contributed by atoms with Crippen LogP contribution < -0.4 is 0 Å². The van der Waals surface area contributed by atoms with Crippen molar-refractivity contribution in [3.8, 4) is 0 Å². The molecule has 5 nitrogen and oxygen atoms in total. The van der Waals surface area contributed by atoms with E-state index in [1.54, 1.807) is 0 Å². The smallest absolute Gasteiger partial charge is 0.232 e. The van der Waals surface area contributed by atoms with E-state index >= 15 is 0 Å². The SMILES string of the molecule is CCN1CC(c2nc(Cc3cc(C)ccc3C)no2)CC1=O. The van der Waals surface area contributed by atoms with Crippen molar-refractivity contribution < 1.29 is 9.32 Å². The zero-order chi connectivity index (χ0) is 15.7. The topological polar surface area (TPSA) is 59.2 Å².